The Bertz CT molecular complexity index is 373. The van der Waals surface area contributed by atoms with E-state index in [2.05, 4.69) is 6.58 Å². The molecule has 1 rings (SSSR count). The minimum Gasteiger partial charge on any atom is -0.545 e. The van der Waals surface area contributed by atoms with Crippen LogP contribution in [0.2, 0.25) is 0 Å². The average Bonchev–Trinajstić information content (AvgIpc) is 2.18. The summed E-state index contributed by atoms with van der Waals surface area (Å²) in [6, 6.07) is 6.52. The number of carboxylic acids is 1. The van der Waals surface area contributed by atoms with Gasteiger partial charge in [0, 0.05) is 12.1 Å². The summed E-state index contributed by atoms with van der Waals surface area (Å²) in [4.78, 5) is 18.9. The zero-order chi connectivity index (χ0) is 11.8. The van der Waals surface area contributed by atoms with E-state index in [0.29, 0.717) is 0 Å². The number of nitrogens with zero attached hydrogens (tertiary/aromatic N) is 1. The second-order valence-electron chi connectivity index (χ2n) is 2.62. The third-order valence-electron chi connectivity index (χ3n) is 1.38. The molecule has 0 aliphatic rings. The average molecular weight is 208 g/mol. The smallest absolute Gasteiger partial charge is 0.269 e. The highest BCUT2D eigenvalue weighted by atomic mass is 16.6. The SMILES string of the molecule is C=CC(=O)[O-].Cc1cccc([N+](=O)[O-])c1. The predicted octanol–water partition coefficient (Wildman–Crippen LogP) is 0.826. The quantitative estimate of drug-likeness (QED) is 0.409. The van der Waals surface area contributed by atoms with Gasteiger partial charge in [0.2, 0.25) is 0 Å². The molecule has 0 spiro atoms. The summed E-state index contributed by atoms with van der Waals surface area (Å²) in [7, 11) is 0. The first-order valence-electron chi connectivity index (χ1n) is 4.02. The molecule has 5 heteroatoms. The molecular weight excluding hydrogens is 198 g/mol. The van der Waals surface area contributed by atoms with E-state index < -0.39 is 10.9 Å². The van der Waals surface area contributed by atoms with Crippen LogP contribution in [0.3, 0.4) is 0 Å². The number of carboxylic acid groups (broad SMARTS) is 1. The first kappa shape index (κ1) is 12.8. The Hall–Kier alpha value is -2.17. The second kappa shape index (κ2) is 6.31. The van der Waals surface area contributed by atoms with Crippen molar-refractivity contribution in [3.05, 3.63) is 52.6 Å². The van der Waals surface area contributed by atoms with E-state index in [9.17, 15) is 10.1 Å². The number of nitro benzene ring substituents is 1. The van der Waals surface area contributed by atoms with Crippen LogP contribution in [0.15, 0.2) is 36.9 Å². The third kappa shape index (κ3) is 5.98. The van der Waals surface area contributed by atoms with E-state index in [1.54, 1.807) is 12.1 Å². The fraction of sp³-hybridized carbons (Fsp3) is 0.100. The van der Waals surface area contributed by atoms with Crippen LogP contribution in [0.5, 0.6) is 0 Å². The van der Waals surface area contributed by atoms with Gasteiger partial charge in [-0.1, -0.05) is 18.7 Å². The van der Waals surface area contributed by atoms with E-state index in [0.717, 1.165) is 11.6 Å². The molecule has 0 aromatic heterocycles. The molecule has 0 heterocycles. The first-order valence-corrected chi connectivity index (χ1v) is 4.02. The standard InChI is InChI=1S/C7H7NO2.C3H4O2/c1-6-3-2-4-7(5-6)8(9)10;1-2-3(4)5/h2-5H,1H3;2H,1H2,(H,4,5)/p-1. The topological polar surface area (TPSA) is 83.3 Å². The Morgan fingerprint density at radius 1 is 1.53 bits per heavy atom. The summed E-state index contributed by atoms with van der Waals surface area (Å²) in [5, 5.41) is 19.3. The van der Waals surface area contributed by atoms with Gasteiger partial charge in [0.1, 0.15) is 0 Å². The molecule has 80 valence electrons. The fourth-order valence-corrected chi connectivity index (χ4v) is 0.742. The number of carbonyl (C=O) groups is 1. The highest BCUT2D eigenvalue weighted by Gasteiger charge is 2.01. The number of rotatable bonds is 2. The molecule has 0 N–H and O–H groups in total. The second-order valence-corrected chi connectivity index (χ2v) is 2.62. The molecule has 0 aliphatic carbocycles. The van der Waals surface area contributed by atoms with Gasteiger partial charge in [-0.05, 0) is 18.6 Å². The van der Waals surface area contributed by atoms with Crippen LogP contribution in [0.1, 0.15) is 5.56 Å². The van der Waals surface area contributed by atoms with Crippen LogP contribution in [-0.4, -0.2) is 10.9 Å². The van der Waals surface area contributed by atoms with Gasteiger partial charge in [0.15, 0.2) is 0 Å². The van der Waals surface area contributed by atoms with Crippen molar-refractivity contribution >= 4 is 11.7 Å². The van der Waals surface area contributed by atoms with Crippen molar-refractivity contribution in [2.75, 3.05) is 0 Å². The van der Waals surface area contributed by atoms with E-state index in [1.807, 2.05) is 13.0 Å². The maximum atomic E-state index is 10.2. The van der Waals surface area contributed by atoms with Gasteiger partial charge in [0.05, 0.1) is 10.9 Å². The molecule has 15 heavy (non-hydrogen) atoms. The number of aliphatic carboxylic acids is 1. The molecule has 0 radical (unpaired) electrons. The van der Waals surface area contributed by atoms with Crippen molar-refractivity contribution in [1.82, 2.24) is 0 Å². The fourth-order valence-electron chi connectivity index (χ4n) is 0.742. The van der Waals surface area contributed by atoms with E-state index >= 15 is 0 Å². The van der Waals surface area contributed by atoms with Gasteiger partial charge in [-0.3, -0.25) is 10.1 Å². The van der Waals surface area contributed by atoms with Gasteiger partial charge in [-0.2, -0.15) is 0 Å². The zero-order valence-corrected chi connectivity index (χ0v) is 8.17. The van der Waals surface area contributed by atoms with Gasteiger partial charge in [-0.15, -0.1) is 0 Å². The highest BCUT2D eigenvalue weighted by Crippen LogP contribution is 2.11. The third-order valence-corrected chi connectivity index (χ3v) is 1.38. The number of aryl methyl sites for hydroxylation is 1. The summed E-state index contributed by atoms with van der Waals surface area (Å²) in [5.74, 6) is -1.23. The summed E-state index contributed by atoms with van der Waals surface area (Å²) >= 11 is 0. The van der Waals surface area contributed by atoms with E-state index in [4.69, 9.17) is 9.90 Å². The van der Waals surface area contributed by atoms with Crippen molar-refractivity contribution in [3.63, 3.8) is 0 Å². The lowest BCUT2D eigenvalue weighted by atomic mass is 10.2. The molecule has 0 unspecified atom stereocenters. The molecule has 0 saturated heterocycles. The van der Waals surface area contributed by atoms with Gasteiger partial charge in [0.25, 0.3) is 5.69 Å². The lowest BCUT2D eigenvalue weighted by Gasteiger charge is -1.90. The van der Waals surface area contributed by atoms with Crippen LogP contribution in [0.4, 0.5) is 5.69 Å². The summed E-state index contributed by atoms with van der Waals surface area (Å²) in [6.07, 6.45) is 0.722. The largest absolute Gasteiger partial charge is 0.545 e. The number of nitro groups is 1. The minimum absolute atomic E-state index is 0.153. The van der Waals surface area contributed by atoms with Crippen molar-refractivity contribution in [3.8, 4) is 0 Å². The minimum atomic E-state index is -1.23. The molecule has 0 fully saturated rings. The van der Waals surface area contributed by atoms with Crippen LogP contribution >= 0.6 is 0 Å². The summed E-state index contributed by atoms with van der Waals surface area (Å²) in [6.45, 7) is 4.72. The number of hydrogen-bond acceptors (Lipinski definition) is 4. The van der Waals surface area contributed by atoms with Crippen LogP contribution in [0.25, 0.3) is 0 Å². The summed E-state index contributed by atoms with van der Waals surface area (Å²) in [5.41, 5.74) is 1.06. The molecule has 0 bridgehead atoms. The van der Waals surface area contributed by atoms with Crippen molar-refractivity contribution in [1.29, 1.82) is 0 Å². The molecular formula is C10H10NO4-. The zero-order valence-electron chi connectivity index (χ0n) is 8.17. The number of hydrogen-bond donors (Lipinski definition) is 0. The van der Waals surface area contributed by atoms with Crippen LogP contribution < -0.4 is 5.11 Å². The predicted molar refractivity (Wildman–Crippen MR) is 53.0 cm³/mol. The molecule has 5 nitrogen and oxygen atoms in total. The first-order chi connectivity index (χ1) is 6.97. The van der Waals surface area contributed by atoms with E-state index in [-0.39, 0.29) is 5.69 Å². The Labute approximate surface area is 86.8 Å². The number of non-ortho nitro benzene ring substituents is 1. The van der Waals surface area contributed by atoms with E-state index in [1.165, 1.54) is 6.07 Å². The normalized spacial score (nSPS) is 8.33. The Morgan fingerprint density at radius 2 is 2.07 bits per heavy atom. The maximum Gasteiger partial charge on any atom is 0.269 e. The lowest BCUT2D eigenvalue weighted by Crippen LogP contribution is -2.17. The highest BCUT2D eigenvalue weighted by molar-refractivity contribution is 5.76. The molecule has 0 aliphatic heterocycles. The molecule has 0 amide bonds. The summed E-state index contributed by atoms with van der Waals surface area (Å²) < 4.78 is 0. The van der Waals surface area contributed by atoms with Crippen molar-refractivity contribution in [2.24, 2.45) is 0 Å². The van der Waals surface area contributed by atoms with Crippen molar-refractivity contribution < 1.29 is 14.8 Å². The van der Waals surface area contributed by atoms with Gasteiger partial charge in [-0.25, -0.2) is 0 Å². The lowest BCUT2D eigenvalue weighted by molar-refractivity contribution is -0.384. The number of carbonyl (C=O) groups excluding carboxylic acids is 1. The number of benzene rings is 1. The maximum absolute atomic E-state index is 10.2. The monoisotopic (exact) mass is 208 g/mol. The van der Waals surface area contributed by atoms with Gasteiger partial charge < -0.3 is 9.90 Å². The molecule has 0 atom stereocenters. The molecule has 0 saturated carbocycles. The van der Waals surface area contributed by atoms with Gasteiger partial charge >= 0.3 is 0 Å². The Morgan fingerprint density at radius 3 is 2.33 bits per heavy atom. The molecule has 1 aromatic carbocycles. The molecule has 1 aromatic rings. The van der Waals surface area contributed by atoms with Crippen molar-refractivity contribution in [2.45, 2.75) is 6.92 Å². The Kier molecular flexibility index (Phi) is 5.40. The van der Waals surface area contributed by atoms with Crippen LogP contribution in [-0.2, 0) is 4.79 Å². The Balaban J connectivity index is 0.000000336. The van der Waals surface area contributed by atoms with Crippen LogP contribution in [0, 0.1) is 17.0 Å².